The number of benzene rings is 1. The number of rotatable bonds is 3. The zero-order valence-electron chi connectivity index (χ0n) is 13.1. The van der Waals surface area contributed by atoms with E-state index in [9.17, 15) is 13.2 Å². The van der Waals surface area contributed by atoms with Crippen LogP contribution in [0.4, 0.5) is 13.2 Å². The summed E-state index contributed by atoms with van der Waals surface area (Å²) >= 11 is 7.58. The molecule has 0 spiro atoms. The van der Waals surface area contributed by atoms with Gasteiger partial charge in [-0.25, -0.2) is 23.1 Å². The average Bonchev–Trinajstić information content (AvgIpc) is 2.55. The molecular weight excluding hydrogens is 357 g/mol. The van der Waals surface area contributed by atoms with Crippen LogP contribution in [0.3, 0.4) is 0 Å². The van der Waals surface area contributed by atoms with E-state index in [1.807, 2.05) is 6.26 Å². The molecule has 0 amide bonds. The largest absolute Gasteiger partial charge is 0.227 e. The van der Waals surface area contributed by atoms with Gasteiger partial charge in [0.05, 0.1) is 11.3 Å². The predicted octanol–water partition coefficient (Wildman–Crippen LogP) is 5.98. The molecule has 0 unspecified atom stereocenters. The van der Waals surface area contributed by atoms with Crippen molar-refractivity contribution in [1.82, 2.24) is 9.97 Å². The van der Waals surface area contributed by atoms with Crippen molar-refractivity contribution in [2.45, 2.75) is 43.2 Å². The van der Waals surface area contributed by atoms with E-state index in [1.54, 1.807) is 0 Å². The Hall–Kier alpha value is -1.27. The summed E-state index contributed by atoms with van der Waals surface area (Å²) in [5.74, 6) is -2.88. The highest BCUT2D eigenvalue weighted by atomic mass is 35.5. The average molecular weight is 373 g/mol. The molecule has 1 fully saturated rings. The lowest BCUT2D eigenvalue weighted by atomic mass is 9.84. The molecule has 0 N–H and O–H groups in total. The second kappa shape index (κ2) is 7.31. The SMILES string of the molecule is CSc1nc(Cl)c(-c2c(F)cc(F)cc2F)c(C2CCCCC2)n1. The summed E-state index contributed by atoms with van der Waals surface area (Å²) in [5, 5.41) is 0.464. The van der Waals surface area contributed by atoms with Crippen molar-refractivity contribution in [3.63, 3.8) is 0 Å². The van der Waals surface area contributed by atoms with E-state index in [1.165, 1.54) is 11.8 Å². The summed E-state index contributed by atoms with van der Waals surface area (Å²) in [6, 6.07) is 1.31. The van der Waals surface area contributed by atoms with E-state index in [2.05, 4.69) is 9.97 Å². The maximum atomic E-state index is 14.3. The van der Waals surface area contributed by atoms with E-state index < -0.39 is 17.5 Å². The monoisotopic (exact) mass is 372 g/mol. The van der Waals surface area contributed by atoms with Crippen LogP contribution in [0.1, 0.15) is 43.7 Å². The first kappa shape index (κ1) is 17.5. The summed E-state index contributed by atoms with van der Waals surface area (Å²) in [6.45, 7) is 0. The van der Waals surface area contributed by atoms with Gasteiger partial charge in [-0.3, -0.25) is 0 Å². The first-order valence-electron chi connectivity index (χ1n) is 7.77. The number of thioether (sulfide) groups is 1. The van der Waals surface area contributed by atoms with Gasteiger partial charge < -0.3 is 0 Å². The smallest absolute Gasteiger partial charge is 0.188 e. The Labute approximate surface area is 147 Å². The molecule has 0 atom stereocenters. The van der Waals surface area contributed by atoms with E-state index in [-0.39, 0.29) is 22.2 Å². The van der Waals surface area contributed by atoms with Crippen molar-refractivity contribution in [2.24, 2.45) is 0 Å². The molecule has 1 heterocycles. The molecule has 7 heteroatoms. The molecule has 3 rings (SSSR count). The molecule has 0 saturated heterocycles. The second-order valence-electron chi connectivity index (χ2n) is 5.84. The van der Waals surface area contributed by atoms with Crippen molar-refractivity contribution < 1.29 is 13.2 Å². The fourth-order valence-corrected chi connectivity index (χ4v) is 3.90. The van der Waals surface area contributed by atoms with Gasteiger partial charge in [-0.15, -0.1) is 0 Å². The van der Waals surface area contributed by atoms with Crippen molar-refractivity contribution in [2.75, 3.05) is 6.26 Å². The summed E-state index contributed by atoms with van der Waals surface area (Å²) in [4.78, 5) is 8.62. The number of hydrogen-bond donors (Lipinski definition) is 0. The van der Waals surface area contributed by atoms with E-state index >= 15 is 0 Å². The van der Waals surface area contributed by atoms with Gasteiger partial charge in [0.1, 0.15) is 22.6 Å². The van der Waals surface area contributed by atoms with Crippen LogP contribution in [0.25, 0.3) is 11.1 Å². The van der Waals surface area contributed by atoms with E-state index in [4.69, 9.17) is 11.6 Å². The summed E-state index contributed by atoms with van der Waals surface area (Å²) < 4.78 is 41.9. The Balaban J connectivity index is 2.23. The third-order valence-electron chi connectivity index (χ3n) is 4.30. The van der Waals surface area contributed by atoms with E-state index in [0.717, 1.165) is 32.1 Å². The summed E-state index contributed by atoms with van der Waals surface area (Å²) in [6.07, 6.45) is 6.80. The van der Waals surface area contributed by atoms with Crippen LogP contribution in [0.5, 0.6) is 0 Å². The number of hydrogen-bond acceptors (Lipinski definition) is 3. The van der Waals surface area contributed by atoms with Gasteiger partial charge in [-0.1, -0.05) is 42.6 Å². The van der Waals surface area contributed by atoms with Crippen LogP contribution in [0, 0.1) is 17.5 Å². The van der Waals surface area contributed by atoms with Crippen LogP contribution in [-0.2, 0) is 0 Å². The standard InChI is InChI=1S/C17H16ClF3N2S/c1-24-17-22-15(9-5-3-2-4-6-9)14(16(18)23-17)13-11(20)7-10(19)8-12(13)21/h7-9H,2-6H2,1H3. The molecule has 2 nitrogen and oxygen atoms in total. The molecule has 0 aliphatic heterocycles. The molecule has 24 heavy (non-hydrogen) atoms. The topological polar surface area (TPSA) is 25.8 Å². The molecule has 1 aromatic heterocycles. The zero-order valence-corrected chi connectivity index (χ0v) is 14.7. The van der Waals surface area contributed by atoms with Gasteiger partial charge in [-0.2, -0.15) is 0 Å². The molecular formula is C17H16ClF3N2S. The Morgan fingerprint density at radius 3 is 2.21 bits per heavy atom. The third-order valence-corrected chi connectivity index (χ3v) is 5.12. The lowest BCUT2D eigenvalue weighted by Crippen LogP contribution is -2.11. The third kappa shape index (κ3) is 3.40. The van der Waals surface area contributed by atoms with Crippen molar-refractivity contribution in [1.29, 1.82) is 0 Å². The number of aromatic nitrogens is 2. The van der Waals surface area contributed by atoms with Gasteiger partial charge in [0, 0.05) is 23.6 Å². The Morgan fingerprint density at radius 1 is 1.00 bits per heavy atom. The highest BCUT2D eigenvalue weighted by Gasteiger charge is 2.27. The molecule has 1 saturated carbocycles. The second-order valence-corrected chi connectivity index (χ2v) is 6.97. The molecule has 1 aliphatic rings. The van der Waals surface area contributed by atoms with Crippen LogP contribution in [0.2, 0.25) is 5.15 Å². The highest BCUT2D eigenvalue weighted by Crippen LogP contribution is 2.42. The Kier molecular flexibility index (Phi) is 5.35. The minimum atomic E-state index is -0.994. The van der Waals surface area contributed by atoms with Gasteiger partial charge in [0.15, 0.2) is 5.16 Å². The first-order valence-corrected chi connectivity index (χ1v) is 9.38. The predicted molar refractivity (Wildman–Crippen MR) is 90.0 cm³/mol. The zero-order chi connectivity index (χ0) is 17.3. The van der Waals surface area contributed by atoms with Gasteiger partial charge in [-0.05, 0) is 19.1 Å². The van der Waals surface area contributed by atoms with Gasteiger partial charge in [0.25, 0.3) is 0 Å². The van der Waals surface area contributed by atoms with Gasteiger partial charge in [0.2, 0.25) is 0 Å². The number of nitrogens with zero attached hydrogens (tertiary/aromatic N) is 2. The van der Waals surface area contributed by atoms with Gasteiger partial charge >= 0.3 is 0 Å². The van der Waals surface area contributed by atoms with Crippen LogP contribution >= 0.6 is 23.4 Å². The lowest BCUT2D eigenvalue weighted by molar-refractivity contribution is 0.434. The lowest BCUT2D eigenvalue weighted by Gasteiger charge is -2.24. The fourth-order valence-electron chi connectivity index (χ4n) is 3.20. The van der Waals surface area contributed by atoms with Crippen molar-refractivity contribution in [3.8, 4) is 11.1 Å². The Bertz CT molecular complexity index is 741. The summed E-state index contributed by atoms with van der Waals surface area (Å²) in [5.41, 5.74) is 0.356. The Morgan fingerprint density at radius 2 is 1.62 bits per heavy atom. The maximum Gasteiger partial charge on any atom is 0.188 e. The molecule has 1 aromatic carbocycles. The van der Waals surface area contributed by atoms with Crippen LogP contribution in [-0.4, -0.2) is 16.2 Å². The maximum absolute atomic E-state index is 14.3. The van der Waals surface area contributed by atoms with Crippen LogP contribution in [0.15, 0.2) is 17.3 Å². The molecule has 1 aliphatic carbocycles. The highest BCUT2D eigenvalue weighted by molar-refractivity contribution is 7.98. The minimum Gasteiger partial charge on any atom is -0.227 e. The fraction of sp³-hybridized carbons (Fsp3) is 0.412. The normalized spacial score (nSPS) is 15.7. The van der Waals surface area contributed by atoms with E-state index in [0.29, 0.717) is 23.0 Å². The first-order chi connectivity index (χ1) is 11.5. The van der Waals surface area contributed by atoms with Crippen molar-refractivity contribution >= 4 is 23.4 Å². The van der Waals surface area contributed by atoms with Crippen molar-refractivity contribution in [3.05, 3.63) is 40.4 Å². The molecule has 0 bridgehead atoms. The quantitative estimate of drug-likeness (QED) is 0.376. The number of halogens is 4. The summed E-state index contributed by atoms with van der Waals surface area (Å²) in [7, 11) is 0. The minimum absolute atomic E-state index is 0.000619. The molecule has 0 radical (unpaired) electrons. The molecule has 128 valence electrons. The molecule has 2 aromatic rings. The van der Waals surface area contributed by atoms with Crippen LogP contribution < -0.4 is 0 Å².